The van der Waals surface area contributed by atoms with Crippen LogP contribution in [0.15, 0.2) is 12.4 Å². The van der Waals surface area contributed by atoms with Crippen LogP contribution in [0.1, 0.15) is 0 Å². The van der Waals surface area contributed by atoms with Crippen molar-refractivity contribution in [3.05, 3.63) is 12.4 Å². The van der Waals surface area contributed by atoms with E-state index >= 15 is 0 Å². The summed E-state index contributed by atoms with van der Waals surface area (Å²) in [5, 5.41) is 2.75. The third-order valence-corrected chi connectivity index (χ3v) is 0.406. The summed E-state index contributed by atoms with van der Waals surface area (Å²) in [5.41, 5.74) is 0. The average Bonchev–Trinajstić information content (AvgIpc) is 1.76. The molecule has 1 N–H and O–H groups in total. The lowest BCUT2D eigenvalue weighted by molar-refractivity contribution is -0.00000111. The van der Waals surface area contributed by atoms with Crippen LogP contribution in [0.3, 0.4) is 0 Å². The average molecular weight is 195 g/mol. The van der Waals surface area contributed by atoms with Crippen molar-refractivity contribution in [2.75, 3.05) is 0 Å². The van der Waals surface area contributed by atoms with E-state index in [0.717, 1.165) is 0 Å². The van der Waals surface area contributed by atoms with Gasteiger partial charge in [-0.05, 0) is 0 Å². The molecule has 0 aromatic rings. The first kappa shape index (κ1) is 5.94. The van der Waals surface area contributed by atoms with Gasteiger partial charge in [0.15, 0.2) is 6.20 Å². The van der Waals surface area contributed by atoms with Crippen LogP contribution < -0.4 is 34.3 Å². The second-order valence-corrected chi connectivity index (χ2v) is 0.761. The number of hydrogen-bond donors (Lipinski definition) is 1. The minimum atomic E-state index is 0. The summed E-state index contributed by atoms with van der Waals surface area (Å²) in [6.45, 7) is 0. The van der Waals surface area contributed by atoms with Crippen molar-refractivity contribution >= 4 is 6.34 Å². The lowest BCUT2D eigenvalue weighted by Crippen LogP contribution is -3.00. The van der Waals surface area contributed by atoms with Gasteiger partial charge in [0.25, 0.3) is 6.34 Å². The number of aliphatic imine (C=N–C) groups is 1. The van der Waals surface area contributed by atoms with E-state index in [4.69, 9.17) is 0 Å². The Labute approximate surface area is 53.4 Å². The minimum absolute atomic E-state index is 0. The van der Waals surface area contributed by atoms with E-state index in [9.17, 15) is 0 Å². The molecule has 0 spiro atoms. The fourth-order valence-electron chi connectivity index (χ4n) is 0.215. The van der Waals surface area contributed by atoms with Crippen molar-refractivity contribution in [1.82, 2.24) is 10.3 Å². The Morgan fingerprint density at radius 3 is 2.50 bits per heavy atom. The molecule has 0 saturated heterocycles. The van der Waals surface area contributed by atoms with Crippen molar-refractivity contribution in [1.29, 1.82) is 0 Å². The van der Waals surface area contributed by atoms with E-state index < -0.39 is 0 Å². The van der Waals surface area contributed by atoms with Gasteiger partial charge < -0.3 is 24.0 Å². The van der Waals surface area contributed by atoms with Gasteiger partial charge in [-0.1, -0.05) is 4.99 Å². The lowest BCUT2D eigenvalue weighted by Gasteiger charge is -1.54. The molecule has 0 aliphatic carbocycles. The third kappa shape index (κ3) is 1.40. The molecule has 33 valence electrons. The molecule has 0 atom stereocenters. The number of hydrogen-bond acceptors (Lipinski definition) is 2. The van der Waals surface area contributed by atoms with E-state index in [0.29, 0.717) is 0 Å². The summed E-state index contributed by atoms with van der Waals surface area (Å²) >= 11 is 0. The molecule has 3 heteroatoms. The highest BCUT2D eigenvalue weighted by Gasteiger charge is 1.83. The molecule has 2 nitrogen and oxygen atoms in total. The van der Waals surface area contributed by atoms with Gasteiger partial charge in [0.05, 0.1) is 0 Å². The first-order chi connectivity index (χ1) is 2.50. The van der Waals surface area contributed by atoms with Gasteiger partial charge in [-0.15, -0.1) is 0 Å². The normalized spacial score (nSPS) is 13.3. The molecule has 6 heavy (non-hydrogen) atoms. The summed E-state index contributed by atoms with van der Waals surface area (Å²) in [4.78, 5) is 3.67. The maximum Gasteiger partial charge on any atom is 0.284 e. The molecule has 0 saturated carbocycles. The molecule has 0 bridgehead atoms. The fraction of sp³-hybridized carbons (Fsp3) is 0. The van der Waals surface area contributed by atoms with Crippen LogP contribution in [0.25, 0.3) is 0 Å². The summed E-state index contributed by atoms with van der Waals surface area (Å²) in [6.07, 6.45) is 5.08. The summed E-state index contributed by atoms with van der Waals surface area (Å²) in [6, 6.07) is 0. The third-order valence-electron chi connectivity index (χ3n) is 0.406. The van der Waals surface area contributed by atoms with Gasteiger partial charge in [0.2, 0.25) is 0 Å². The summed E-state index contributed by atoms with van der Waals surface area (Å²) in [7, 11) is 0. The zero-order valence-corrected chi connectivity index (χ0v) is 5.21. The highest BCUT2D eigenvalue weighted by atomic mass is 127. The molecule has 1 heterocycles. The van der Waals surface area contributed by atoms with Crippen molar-refractivity contribution < 1.29 is 24.0 Å². The first-order valence-corrected chi connectivity index (χ1v) is 1.43. The maximum atomic E-state index is 3.67. The number of rotatable bonds is 0. The number of nitrogens with zero attached hydrogens (tertiary/aromatic N) is 1. The van der Waals surface area contributed by atoms with Gasteiger partial charge in [-0.2, -0.15) is 0 Å². The van der Waals surface area contributed by atoms with E-state index in [2.05, 4.69) is 10.3 Å². The summed E-state index contributed by atoms with van der Waals surface area (Å²) < 4.78 is 0. The molecule has 1 aliphatic heterocycles. The monoisotopic (exact) mass is 195 g/mol. The fourth-order valence-corrected chi connectivity index (χ4v) is 0.215. The van der Waals surface area contributed by atoms with E-state index in [1.807, 2.05) is 0 Å². The van der Waals surface area contributed by atoms with Crippen LogP contribution in [-0.2, 0) is 0 Å². The molecule has 1 radical (unpaired) electrons. The van der Waals surface area contributed by atoms with Gasteiger partial charge >= 0.3 is 0 Å². The Hall–Kier alpha value is -0.0600. The second-order valence-electron chi connectivity index (χ2n) is 0.761. The smallest absolute Gasteiger partial charge is 0.284 e. The minimum Gasteiger partial charge on any atom is -1.00 e. The second kappa shape index (κ2) is 3.14. The standard InChI is InChI=1S/C3H4N2.HI/c1-2-5-3-4-1;/h1-4H;1H/q+1;/p-1. The van der Waals surface area contributed by atoms with Crippen molar-refractivity contribution in [3.63, 3.8) is 0 Å². The number of halogens is 1. The van der Waals surface area contributed by atoms with E-state index in [1.165, 1.54) is 0 Å². The van der Waals surface area contributed by atoms with Crippen LogP contribution in [0, 0.1) is 0 Å². The van der Waals surface area contributed by atoms with Gasteiger partial charge in [0.1, 0.15) is 6.20 Å². The van der Waals surface area contributed by atoms with Crippen molar-refractivity contribution in [2.24, 2.45) is 0 Å². The molecule has 1 aliphatic rings. The SMILES string of the molecule is C1=CNC=[N+]1.[I-]. The topological polar surface area (TPSA) is 26.1 Å². The zero-order valence-electron chi connectivity index (χ0n) is 3.06. The Balaban J connectivity index is 0.000000250. The van der Waals surface area contributed by atoms with Crippen molar-refractivity contribution in [2.45, 2.75) is 0 Å². The van der Waals surface area contributed by atoms with Crippen molar-refractivity contribution in [3.8, 4) is 0 Å². The van der Waals surface area contributed by atoms with E-state index in [-0.39, 0.29) is 24.0 Å². The molecular formula is C3H4IN2. The highest BCUT2D eigenvalue weighted by Crippen LogP contribution is 1.58. The first-order valence-electron chi connectivity index (χ1n) is 1.43. The number of nitrogens with one attached hydrogen (secondary N) is 1. The summed E-state index contributed by atoms with van der Waals surface area (Å²) in [5.74, 6) is 0. The van der Waals surface area contributed by atoms with E-state index in [1.54, 1.807) is 18.7 Å². The van der Waals surface area contributed by atoms with Crippen LogP contribution in [0.5, 0.6) is 0 Å². The molecule has 0 fully saturated rings. The Kier molecular flexibility index (Phi) is 3.11. The predicted molar refractivity (Wildman–Crippen MR) is 20.5 cm³/mol. The predicted octanol–water partition coefficient (Wildman–Crippen LogP) is -3.57. The van der Waals surface area contributed by atoms with Gasteiger partial charge in [0, 0.05) is 0 Å². The van der Waals surface area contributed by atoms with Crippen LogP contribution in [-0.4, -0.2) is 6.34 Å². The molecule has 0 unspecified atom stereocenters. The Morgan fingerprint density at radius 2 is 2.33 bits per heavy atom. The molecule has 0 amide bonds. The highest BCUT2D eigenvalue weighted by molar-refractivity contribution is 5.57. The maximum absolute atomic E-state index is 3.67. The largest absolute Gasteiger partial charge is 1.00 e. The van der Waals surface area contributed by atoms with Crippen LogP contribution in [0.4, 0.5) is 0 Å². The zero-order chi connectivity index (χ0) is 3.54. The molecule has 0 aromatic carbocycles. The quantitative estimate of drug-likeness (QED) is 0.397. The Morgan fingerprint density at radius 1 is 1.50 bits per heavy atom. The van der Waals surface area contributed by atoms with Gasteiger partial charge in [-0.3, -0.25) is 0 Å². The van der Waals surface area contributed by atoms with Crippen LogP contribution >= 0.6 is 0 Å². The lowest BCUT2D eigenvalue weighted by atomic mass is 11.0. The Bertz CT molecular complexity index is 66.9. The van der Waals surface area contributed by atoms with Gasteiger partial charge in [-0.25, -0.2) is 5.32 Å². The molecule has 1 rings (SSSR count). The van der Waals surface area contributed by atoms with Crippen LogP contribution in [0.2, 0.25) is 0 Å². The molecule has 0 aromatic heterocycles. The molecular weight excluding hydrogens is 191 g/mol.